The van der Waals surface area contributed by atoms with Crippen LogP contribution in [0.1, 0.15) is 24.7 Å². The van der Waals surface area contributed by atoms with Gasteiger partial charge in [0.1, 0.15) is 11.6 Å². The Morgan fingerprint density at radius 3 is 2.96 bits per heavy atom. The van der Waals surface area contributed by atoms with Gasteiger partial charge < -0.3 is 19.4 Å². The van der Waals surface area contributed by atoms with Crippen LogP contribution < -0.4 is 10.1 Å². The van der Waals surface area contributed by atoms with Crippen LogP contribution in [0.15, 0.2) is 48.7 Å². The SMILES string of the molecule is CNC(=O)N1CCCC1c1nc(-c2cccc(OC)c2)c2ccccn12. The number of rotatable bonds is 3. The molecule has 6 nitrogen and oxygen atoms in total. The normalized spacial score (nSPS) is 16.8. The summed E-state index contributed by atoms with van der Waals surface area (Å²) in [5, 5.41) is 2.74. The van der Waals surface area contributed by atoms with Gasteiger partial charge in [0.15, 0.2) is 0 Å². The molecule has 1 aliphatic rings. The molecular formula is C20H22N4O2. The lowest BCUT2D eigenvalue weighted by atomic mass is 10.1. The van der Waals surface area contributed by atoms with Gasteiger partial charge in [0, 0.05) is 25.4 Å². The second-order valence-electron chi connectivity index (χ2n) is 6.41. The molecule has 0 aliphatic carbocycles. The van der Waals surface area contributed by atoms with Crippen LogP contribution in [0.5, 0.6) is 5.75 Å². The number of pyridine rings is 1. The van der Waals surface area contributed by atoms with Crippen molar-refractivity contribution in [2.24, 2.45) is 0 Å². The van der Waals surface area contributed by atoms with Crippen molar-refractivity contribution in [3.05, 3.63) is 54.5 Å². The lowest BCUT2D eigenvalue weighted by Gasteiger charge is -2.23. The first-order chi connectivity index (χ1) is 12.7. The Kier molecular flexibility index (Phi) is 4.24. The smallest absolute Gasteiger partial charge is 0.317 e. The maximum Gasteiger partial charge on any atom is 0.317 e. The van der Waals surface area contributed by atoms with Crippen molar-refractivity contribution in [2.75, 3.05) is 20.7 Å². The van der Waals surface area contributed by atoms with E-state index in [4.69, 9.17) is 9.72 Å². The highest BCUT2D eigenvalue weighted by molar-refractivity contribution is 5.79. The average Bonchev–Trinajstić information content (AvgIpc) is 3.32. The molecule has 1 N–H and O–H groups in total. The van der Waals surface area contributed by atoms with Gasteiger partial charge in [-0.1, -0.05) is 18.2 Å². The molecule has 3 heterocycles. The number of hydrogen-bond donors (Lipinski definition) is 1. The number of imidazole rings is 1. The van der Waals surface area contributed by atoms with E-state index < -0.39 is 0 Å². The summed E-state index contributed by atoms with van der Waals surface area (Å²) < 4.78 is 7.46. The van der Waals surface area contributed by atoms with E-state index in [0.29, 0.717) is 0 Å². The molecule has 6 heteroatoms. The Hall–Kier alpha value is -3.02. The van der Waals surface area contributed by atoms with Crippen molar-refractivity contribution in [1.82, 2.24) is 19.6 Å². The summed E-state index contributed by atoms with van der Waals surface area (Å²) in [5.41, 5.74) is 2.94. The Labute approximate surface area is 152 Å². The number of carbonyl (C=O) groups is 1. The van der Waals surface area contributed by atoms with Crippen LogP contribution >= 0.6 is 0 Å². The van der Waals surface area contributed by atoms with Crippen molar-refractivity contribution in [1.29, 1.82) is 0 Å². The number of urea groups is 1. The van der Waals surface area contributed by atoms with Crippen LogP contribution in [0.25, 0.3) is 16.8 Å². The molecule has 0 saturated carbocycles. The largest absolute Gasteiger partial charge is 0.497 e. The summed E-state index contributed by atoms with van der Waals surface area (Å²) >= 11 is 0. The molecule has 0 radical (unpaired) electrons. The van der Waals surface area contributed by atoms with Crippen LogP contribution in [-0.2, 0) is 0 Å². The number of hydrogen-bond acceptors (Lipinski definition) is 3. The fourth-order valence-corrected chi connectivity index (χ4v) is 3.70. The third-order valence-electron chi connectivity index (χ3n) is 4.94. The quantitative estimate of drug-likeness (QED) is 0.787. The number of ether oxygens (including phenoxy) is 1. The Balaban J connectivity index is 1.85. The molecule has 0 spiro atoms. The first-order valence-electron chi connectivity index (χ1n) is 8.82. The number of carbonyl (C=O) groups excluding carboxylic acids is 1. The van der Waals surface area contributed by atoms with E-state index in [0.717, 1.165) is 47.7 Å². The number of benzene rings is 1. The van der Waals surface area contributed by atoms with Crippen molar-refractivity contribution < 1.29 is 9.53 Å². The highest BCUT2D eigenvalue weighted by atomic mass is 16.5. The van der Waals surface area contributed by atoms with E-state index in [2.05, 4.69) is 15.8 Å². The molecular weight excluding hydrogens is 328 g/mol. The minimum Gasteiger partial charge on any atom is -0.497 e. The van der Waals surface area contributed by atoms with E-state index in [1.54, 1.807) is 14.2 Å². The molecule has 3 aromatic rings. The molecule has 1 aromatic carbocycles. The highest BCUT2D eigenvalue weighted by Crippen LogP contribution is 2.35. The van der Waals surface area contributed by atoms with Crippen LogP contribution in [0.4, 0.5) is 4.79 Å². The number of likely N-dealkylation sites (tertiary alicyclic amines) is 1. The van der Waals surface area contributed by atoms with Crippen molar-refractivity contribution in [2.45, 2.75) is 18.9 Å². The Morgan fingerprint density at radius 2 is 2.15 bits per heavy atom. The van der Waals surface area contributed by atoms with Gasteiger partial charge in [0.25, 0.3) is 0 Å². The van der Waals surface area contributed by atoms with Crippen LogP contribution in [0, 0.1) is 0 Å². The van der Waals surface area contributed by atoms with Crippen LogP contribution in [0.2, 0.25) is 0 Å². The molecule has 1 aliphatic heterocycles. The zero-order valence-corrected chi connectivity index (χ0v) is 15.0. The molecule has 2 amide bonds. The van der Waals surface area contributed by atoms with E-state index in [1.807, 2.05) is 47.5 Å². The second-order valence-corrected chi connectivity index (χ2v) is 6.41. The number of nitrogens with zero attached hydrogens (tertiary/aromatic N) is 3. The summed E-state index contributed by atoms with van der Waals surface area (Å²) in [7, 11) is 3.33. The first kappa shape index (κ1) is 16.4. The lowest BCUT2D eigenvalue weighted by molar-refractivity contribution is 0.193. The minimum absolute atomic E-state index is 0.0239. The molecule has 1 saturated heterocycles. The van der Waals surface area contributed by atoms with Gasteiger partial charge in [-0.05, 0) is 37.1 Å². The summed E-state index contributed by atoms with van der Waals surface area (Å²) in [4.78, 5) is 19.1. The molecule has 134 valence electrons. The van der Waals surface area contributed by atoms with Crippen molar-refractivity contribution in [3.63, 3.8) is 0 Å². The zero-order chi connectivity index (χ0) is 18.1. The third-order valence-corrected chi connectivity index (χ3v) is 4.94. The topological polar surface area (TPSA) is 58.9 Å². The number of methoxy groups -OCH3 is 1. The third kappa shape index (κ3) is 2.67. The van der Waals surface area contributed by atoms with E-state index in [-0.39, 0.29) is 12.1 Å². The van der Waals surface area contributed by atoms with Gasteiger partial charge >= 0.3 is 6.03 Å². The van der Waals surface area contributed by atoms with E-state index >= 15 is 0 Å². The van der Waals surface area contributed by atoms with Gasteiger partial charge in [-0.3, -0.25) is 0 Å². The first-order valence-corrected chi connectivity index (χ1v) is 8.82. The summed E-state index contributed by atoms with van der Waals surface area (Å²) in [6.07, 6.45) is 3.91. The van der Waals surface area contributed by atoms with Gasteiger partial charge in [-0.15, -0.1) is 0 Å². The van der Waals surface area contributed by atoms with E-state index in [1.165, 1.54) is 0 Å². The fourth-order valence-electron chi connectivity index (χ4n) is 3.70. The van der Waals surface area contributed by atoms with Crippen LogP contribution in [-0.4, -0.2) is 41.0 Å². The van der Waals surface area contributed by atoms with Crippen molar-refractivity contribution in [3.8, 4) is 17.0 Å². The van der Waals surface area contributed by atoms with Gasteiger partial charge in [-0.2, -0.15) is 0 Å². The average molecular weight is 350 g/mol. The number of nitrogens with one attached hydrogen (secondary N) is 1. The van der Waals surface area contributed by atoms with E-state index in [9.17, 15) is 4.79 Å². The standard InChI is InChI=1S/C20H22N4O2/c1-21-20(25)24-12-6-10-17(24)19-22-18(16-9-3-4-11-23(16)19)14-7-5-8-15(13-14)26-2/h3-5,7-9,11,13,17H,6,10,12H2,1-2H3,(H,21,25). The van der Waals surface area contributed by atoms with Gasteiger partial charge in [-0.25, -0.2) is 9.78 Å². The minimum atomic E-state index is -0.0527. The van der Waals surface area contributed by atoms with Crippen molar-refractivity contribution >= 4 is 11.5 Å². The Bertz CT molecular complexity index is 950. The Morgan fingerprint density at radius 1 is 1.27 bits per heavy atom. The zero-order valence-electron chi connectivity index (χ0n) is 15.0. The highest BCUT2D eigenvalue weighted by Gasteiger charge is 2.33. The maximum atomic E-state index is 12.3. The number of amides is 2. The number of aromatic nitrogens is 2. The predicted octanol–water partition coefficient (Wildman–Crippen LogP) is 3.49. The van der Waals surface area contributed by atoms with Gasteiger partial charge in [0.2, 0.25) is 0 Å². The molecule has 1 fully saturated rings. The molecule has 2 aromatic heterocycles. The molecule has 0 bridgehead atoms. The van der Waals surface area contributed by atoms with Gasteiger partial charge in [0.05, 0.1) is 24.4 Å². The summed E-state index contributed by atoms with van der Waals surface area (Å²) in [6.45, 7) is 0.751. The molecule has 26 heavy (non-hydrogen) atoms. The van der Waals surface area contributed by atoms with Crippen LogP contribution in [0.3, 0.4) is 0 Å². The molecule has 4 rings (SSSR count). The maximum absolute atomic E-state index is 12.3. The monoisotopic (exact) mass is 350 g/mol. The second kappa shape index (κ2) is 6.71. The lowest BCUT2D eigenvalue weighted by Crippen LogP contribution is -2.38. The summed E-state index contributed by atoms with van der Waals surface area (Å²) in [6, 6.07) is 13.9. The fraction of sp³-hybridized carbons (Fsp3) is 0.300. The molecule has 1 atom stereocenters. The number of fused-ring (bicyclic) bond motifs is 1. The molecule has 1 unspecified atom stereocenters. The predicted molar refractivity (Wildman–Crippen MR) is 100 cm³/mol. The summed E-state index contributed by atoms with van der Waals surface area (Å²) in [5.74, 6) is 1.70.